The minimum Gasteiger partial charge on any atom is -0.494 e. The average Bonchev–Trinajstić information content (AvgIpc) is 3.15. The van der Waals surface area contributed by atoms with Gasteiger partial charge in [-0.05, 0) is 36.8 Å². The third-order valence-electron chi connectivity index (χ3n) is 5.82. The van der Waals surface area contributed by atoms with Crippen molar-refractivity contribution in [3.05, 3.63) is 60.2 Å². The number of hydrogen-bond donors (Lipinski definition) is 1. The third kappa shape index (κ3) is 5.35. The molecule has 0 spiro atoms. The van der Waals surface area contributed by atoms with Crippen LogP contribution in [0.25, 0.3) is 0 Å². The second-order valence-electron chi connectivity index (χ2n) is 8.03. The molecule has 2 fully saturated rings. The Hall–Kier alpha value is -3.06. The molecule has 2 aliphatic rings. The van der Waals surface area contributed by atoms with Crippen molar-refractivity contribution >= 4 is 17.6 Å². The smallest absolute Gasteiger partial charge is 0.317 e. The van der Waals surface area contributed by atoms with E-state index in [1.165, 1.54) is 5.56 Å². The molecule has 0 aromatic heterocycles. The molecule has 0 aliphatic carbocycles. The van der Waals surface area contributed by atoms with Crippen LogP contribution in [0, 0.1) is 0 Å². The summed E-state index contributed by atoms with van der Waals surface area (Å²) in [7, 11) is 0. The van der Waals surface area contributed by atoms with Crippen LogP contribution in [-0.4, -0.2) is 67.1 Å². The Morgan fingerprint density at radius 1 is 1.03 bits per heavy atom. The summed E-state index contributed by atoms with van der Waals surface area (Å²) in [5, 5.41) is 3.06. The maximum Gasteiger partial charge on any atom is 0.317 e. The molecule has 31 heavy (non-hydrogen) atoms. The molecule has 2 aromatic rings. The van der Waals surface area contributed by atoms with Gasteiger partial charge in [0.25, 0.3) is 0 Å². The highest BCUT2D eigenvalue weighted by Gasteiger charge is 2.33. The molecule has 0 bridgehead atoms. The number of ether oxygens (including phenoxy) is 1. The number of nitrogens with one attached hydrogen (secondary N) is 1. The van der Waals surface area contributed by atoms with E-state index in [9.17, 15) is 9.59 Å². The molecule has 0 unspecified atom stereocenters. The molecule has 2 heterocycles. The number of nitrogens with zero attached hydrogens (tertiary/aromatic N) is 3. The SMILES string of the molecule is CCOc1ccc(N2C[C@@H](NC(=O)N3CCN(Cc4ccccc4)CC3)CC2=O)cc1. The van der Waals surface area contributed by atoms with Gasteiger partial charge in [-0.15, -0.1) is 0 Å². The van der Waals surface area contributed by atoms with Crippen molar-refractivity contribution < 1.29 is 14.3 Å². The zero-order valence-electron chi connectivity index (χ0n) is 18.0. The van der Waals surface area contributed by atoms with E-state index in [-0.39, 0.29) is 18.0 Å². The van der Waals surface area contributed by atoms with E-state index >= 15 is 0 Å². The number of carbonyl (C=O) groups is 2. The lowest BCUT2D eigenvalue weighted by molar-refractivity contribution is -0.117. The van der Waals surface area contributed by atoms with Gasteiger partial charge in [-0.25, -0.2) is 4.79 Å². The van der Waals surface area contributed by atoms with Crippen molar-refractivity contribution in [1.29, 1.82) is 0 Å². The zero-order chi connectivity index (χ0) is 21.6. The first-order chi connectivity index (χ1) is 15.1. The molecule has 3 amide bonds. The number of benzene rings is 2. The lowest BCUT2D eigenvalue weighted by Crippen LogP contribution is -2.53. The van der Waals surface area contributed by atoms with Crippen molar-refractivity contribution in [1.82, 2.24) is 15.1 Å². The Bertz CT molecular complexity index is 879. The van der Waals surface area contributed by atoms with Gasteiger partial charge < -0.3 is 19.9 Å². The Balaban J connectivity index is 1.25. The van der Waals surface area contributed by atoms with Crippen LogP contribution in [0.15, 0.2) is 54.6 Å². The van der Waals surface area contributed by atoms with Gasteiger partial charge in [-0.3, -0.25) is 9.69 Å². The van der Waals surface area contributed by atoms with E-state index in [1.54, 1.807) is 4.90 Å². The Labute approximate surface area is 183 Å². The van der Waals surface area contributed by atoms with Gasteiger partial charge in [-0.2, -0.15) is 0 Å². The summed E-state index contributed by atoms with van der Waals surface area (Å²) >= 11 is 0. The Morgan fingerprint density at radius 2 is 1.74 bits per heavy atom. The minimum absolute atomic E-state index is 0.0298. The number of rotatable bonds is 6. The van der Waals surface area contributed by atoms with E-state index < -0.39 is 0 Å². The van der Waals surface area contributed by atoms with Gasteiger partial charge in [0.15, 0.2) is 0 Å². The monoisotopic (exact) mass is 422 g/mol. The molecule has 1 N–H and O–H groups in total. The number of carbonyl (C=O) groups excluding carboxylic acids is 2. The first-order valence-electron chi connectivity index (χ1n) is 11.0. The van der Waals surface area contributed by atoms with Gasteiger partial charge in [-0.1, -0.05) is 30.3 Å². The molecule has 7 heteroatoms. The largest absolute Gasteiger partial charge is 0.494 e. The second-order valence-corrected chi connectivity index (χ2v) is 8.03. The predicted octanol–water partition coefficient (Wildman–Crippen LogP) is 2.72. The quantitative estimate of drug-likeness (QED) is 0.778. The maximum absolute atomic E-state index is 12.7. The van der Waals surface area contributed by atoms with Crippen molar-refractivity contribution in [3.8, 4) is 5.75 Å². The normalized spacial score (nSPS) is 19.5. The summed E-state index contributed by atoms with van der Waals surface area (Å²) in [6, 6.07) is 17.7. The summed E-state index contributed by atoms with van der Waals surface area (Å²) in [5.41, 5.74) is 2.12. The summed E-state index contributed by atoms with van der Waals surface area (Å²) < 4.78 is 5.46. The molecule has 2 saturated heterocycles. The van der Waals surface area contributed by atoms with Crippen LogP contribution in [0.2, 0.25) is 0 Å². The predicted molar refractivity (Wildman–Crippen MR) is 120 cm³/mol. The number of amides is 3. The lowest BCUT2D eigenvalue weighted by atomic mass is 10.2. The number of urea groups is 1. The molecular weight excluding hydrogens is 392 g/mol. The standard InChI is InChI=1S/C24H30N4O3/c1-2-31-22-10-8-21(9-11-22)28-18-20(16-23(28)29)25-24(30)27-14-12-26(13-15-27)17-19-6-4-3-5-7-19/h3-11,20H,2,12-18H2,1H3,(H,25,30)/t20-/m0/s1. The maximum atomic E-state index is 12.7. The first-order valence-corrected chi connectivity index (χ1v) is 11.0. The summed E-state index contributed by atoms with van der Waals surface area (Å²) in [5.74, 6) is 0.816. The van der Waals surface area contributed by atoms with Crippen molar-refractivity contribution in [2.75, 3.05) is 44.2 Å². The molecule has 4 rings (SSSR count). The lowest BCUT2D eigenvalue weighted by Gasteiger charge is -2.35. The summed E-state index contributed by atoms with van der Waals surface area (Å²) in [6.45, 7) is 7.04. The van der Waals surface area contributed by atoms with E-state index in [1.807, 2.05) is 42.2 Å². The topological polar surface area (TPSA) is 65.1 Å². The van der Waals surface area contributed by atoms with E-state index in [4.69, 9.17) is 4.74 Å². The summed E-state index contributed by atoms with van der Waals surface area (Å²) in [4.78, 5) is 31.2. The molecule has 0 saturated carbocycles. The summed E-state index contributed by atoms with van der Waals surface area (Å²) in [6.07, 6.45) is 0.326. The van der Waals surface area contributed by atoms with Crippen LogP contribution in [0.1, 0.15) is 18.9 Å². The van der Waals surface area contributed by atoms with Crippen molar-refractivity contribution in [2.24, 2.45) is 0 Å². The molecule has 164 valence electrons. The highest BCUT2D eigenvalue weighted by Crippen LogP contribution is 2.24. The van der Waals surface area contributed by atoms with Gasteiger partial charge >= 0.3 is 6.03 Å². The number of piperazine rings is 1. The van der Waals surface area contributed by atoms with Crippen LogP contribution in [0.5, 0.6) is 5.75 Å². The van der Waals surface area contributed by atoms with Crippen LogP contribution in [0.4, 0.5) is 10.5 Å². The van der Waals surface area contributed by atoms with Gasteiger partial charge in [0, 0.05) is 51.4 Å². The van der Waals surface area contributed by atoms with Crippen LogP contribution >= 0.6 is 0 Å². The fourth-order valence-corrected chi connectivity index (χ4v) is 4.16. The van der Waals surface area contributed by atoms with Crippen molar-refractivity contribution in [3.63, 3.8) is 0 Å². The minimum atomic E-state index is -0.172. The molecule has 1 atom stereocenters. The van der Waals surface area contributed by atoms with E-state index in [0.29, 0.717) is 32.7 Å². The van der Waals surface area contributed by atoms with E-state index in [2.05, 4.69) is 34.5 Å². The van der Waals surface area contributed by atoms with Gasteiger partial charge in [0.05, 0.1) is 12.6 Å². The first kappa shape index (κ1) is 21.2. The molecule has 7 nitrogen and oxygen atoms in total. The molecule has 2 aliphatic heterocycles. The van der Waals surface area contributed by atoms with Crippen molar-refractivity contribution in [2.45, 2.75) is 25.9 Å². The molecule has 2 aromatic carbocycles. The third-order valence-corrected chi connectivity index (χ3v) is 5.82. The fraction of sp³-hybridized carbons (Fsp3) is 0.417. The van der Waals surface area contributed by atoms with Crippen LogP contribution in [-0.2, 0) is 11.3 Å². The van der Waals surface area contributed by atoms with E-state index in [0.717, 1.165) is 31.1 Å². The average molecular weight is 423 g/mol. The Morgan fingerprint density at radius 3 is 2.42 bits per heavy atom. The van der Waals surface area contributed by atoms with Gasteiger partial charge in [0.2, 0.25) is 5.91 Å². The number of anilines is 1. The highest BCUT2D eigenvalue weighted by atomic mass is 16.5. The molecule has 0 radical (unpaired) electrons. The molecular formula is C24H30N4O3. The Kier molecular flexibility index (Phi) is 6.72. The van der Waals surface area contributed by atoms with Crippen LogP contribution < -0.4 is 15.0 Å². The zero-order valence-corrected chi connectivity index (χ0v) is 18.0. The van der Waals surface area contributed by atoms with Gasteiger partial charge in [0.1, 0.15) is 5.75 Å². The van der Waals surface area contributed by atoms with Crippen LogP contribution in [0.3, 0.4) is 0 Å². The number of hydrogen-bond acceptors (Lipinski definition) is 4. The second kappa shape index (κ2) is 9.83. The fourth-order valence-electron chi connectivity index (χ4n) is 4.16. The highest BCUT2D eigenvalue weighted by molar-refractivity contribution is 5.96.